The van der Waals surface area contributed by atoms with Crippen LogP contribution in [0.2, 0.25) is 0 Å². The van der Waals surface area contributed by atoms with Gasteiger partial charge in [0.15, 0.2) is 0 Å². The monoisotopic (exact) mass is 455 g/mol. The van der Waals surface area contributed by atoms with Crippen molar-refractivity contribution in [3.63, 3.8) is 0 Å². The zero-order chi connectivity index (χ0) is 23.1. The van der Waals surface area contributed by atoms with Crippen LogP contribution in [0.3, 0.4) is 0 Å². The molecule has 34 heavy (non-hydrogen) atoms. The Morgan fingerprint density at radius 3 is 2.12 bits per heavy atom. The standard InChI is InChI=1S/C32H25NS/c1-21(2)24-13-14-28-25(17-24)15-16-33-31(28)26-18-27-20-30(23-11-7-4-8-12-23)34-32(27)29(19-26)22-9-5-3-6-10-22/h3-21H,1-2H3. The van der Waals surface area contributed by atoms with Gasteiger partial charge < -0.3 is 0 Å². The predicted octanol–water partition coefficient (Wildman–Crippen LogP) is 9.57. The smallest absolute Gasteiger partial charge is 0.0780 e. The molecule has 0 bridgehead atoms. The quantitative estimate of drug-likeness (QED) is 0.258. The van der Waals surface area contributed by atoms with E-state index in [0.29, 0.717) is 5.92 Å². The van der Waals surface area contributed by atoms with Gasteiger partial charge in [-0.15, -0.1) is 11.3 Å². The summed E-state index contributed by atoms with van der Waals surface area (Å²) in [6, 6.07) is 37.2. The average molecular weight is 456 g/mol. The van der Waals surface area contributed by atoms with E-state index in [4.69, 9.17) is 4.98 Å². The lowest BCUT2D eigenvalue weighted by Crippen LogP contribution is -1.91. The van der Waals surface area contributed by atoms with Gasteiger partial charge >= 0.3 is 0 Å². The highest BCUT2D eigenvalue weighted by atomic mass is 32.1. The van der Waals surface area contributed by atoms with E-state index < -0.39 is 0 Å². The van der Waals surface area contributed by atoms with E-state index in [-0.39, 0.29) is 0 Å². The lowest BCUT2D eigenvalue weighted by molar-refractivity contribution is 0.869. The SMILES string of the molecule is CC(C)c1ccc2c(-c3cc(-c4ccccc4)c4sc(-c5ccccc5)cc4c3)nccc2c1. The number of thiophene rings is 1. The Hall–Kier alpha value is -3.75. The molecule has 6 rings (SSSR count). The summed E-state index contributed by atoms with van der Waals surface area (Å²) in [6.07, 6.45) is 1.94. The molecule has 0 saturated carbocycles. The third kappa shape index (κ3) is 3.70. The molecule has 0 amide bonds. The van der Waals surface area contributed by atoms with Gasteiger partial charge in [-0.2, -0.15) is 0 Å². The van der Waals surface area contributed by atoms with Crippen molar-refractivity contribution in [2.45, 2.75) is 19.8 Å². The summed E-state index contributed by atoms with van der Waals surface area (Å²) in [7, 11) is 0. The number of aromatic nitrogens is 1. The summed E-state index contributed by atoms with van der Waals surface area (Å²) in [5, 5.41) is 3.70. The minimum atomic E-state index is 0.504. The molecule has 164 valence electrons. The number of hydrogen-bond donors (Lipinski definition) is 0. The Morgan fingerprint density at radius 2 is 1.38 bits per heavy atom. The molecule has 2 heterocycles. The third-order valence-corrected chi connectivity index (χ3v) is 7.72. The molecule has 0 spiro atoms. The van der Waals surface area contributed by atoms with Crippen LogP contribution < -0.4 is 0 Å². The summed E-state index contributed by atoms with van der Waals surface area (Å²) in [5.74, 6) is 0.504. The molecule has 0 radical (unpaired) electrons. The van der Waals surface area contributed by atoms with Gasteiger partial charge in [-0.25, -0.2) is 0 Å². The van der Waals surface area contributed by atoms with Crippen LogP contribution in [0.1, 0.15) is 25.3 Å². The molecule has 1 nitrogen and oxygen atoms in total. The molecule has 0 atom stereocenters. The maximum atomic E-state index is 4.86. The van der Waals surface area contributed by atoms with Crippen molar-refractivity contribution in [3.05, 3.63) is 115 Å². The summed E-state index contributed by atoms with van der Waals surface area (Å²) >= 11 is 1.86. The van der Waals surface area contributed by atoms with E-state index in [9.17, 15) is 0 Å². The van der Waals surface area contributed by atoms with Crippen LogP contribution in [0.4, 0.5) is 0 Å². The molecular formula is C32H25NS. The van der Waals surface area contributed by atoms with Crippen molar-refractivity contribution in [1.29, 1.82) is 0 Å². The Morgan fingerprint density at radius 1 is 0.647 bits per heavy atom. The first-order chi connectivity index (χ1) is 16.7. The molecule has 6 aromatic rings. The van der Waals surface area contributed by atoms with Crippen molar-refractivity contribution in [2.24, 2.45) is 0 Å². The number of hydrogen-bond acceptors (Lipinski definition) is 2. The molecule has 0 fully saturated rings. The van der Waals surface area contributed by atoms with E-state index in [0.717, 1.165) is 11.3 Å². The van der Waals surface area contributed by atoms with Crippen LogP contribution in [0.15, 0.2) is 109 Å². The second kappa shape index (κ2) is 8.55. The van der Waals surface area contributed by atoms with Crippen LogP contribution in [0.25, 0.3) is 53.7 Å². The molecule has 2 aromatic heterocycles. The van der Waals surface area contributed by atoms with Crippen LogP contribution in [-0.2, 0) is 0 Å². The third-order valence-electron chi connectivity index (χ3n) is 6.49. The van der Waals surface area contributed by atoms with Crippen LogP contribution in [0.5, 0.6) is 0 Å². The van der Waals surface area contributed by atoms with E-state index in [1.807, 2.05) is 17.5 Å². The maximum absolute atomic E-state index is 4.86. The fourth-order valence-corrected chi connectivity index (χ4v) is 5.83. The van der Waals surface area contributed by atoms with E-state index in [1.54, 1.807) is 0 Å². The minimum Gasteiger partial charge on any atom is -0.256 e. The first-order valence-corrected chi connectivity index (χ1v) is 12.6. The topological polar surface area (TPSA) is 12.9 Å². The zero-order valence-corrected chi connectivity index (χ0v) is 20.1. The Labute approximate surface area is 204 Å². The van der Waals surface area contributed by atoms with Gasteiger partial charge in [0.05, 0.1) is 5.69 Å². The van der Waals surface area contributed by atoms with Gasteiger partial charge in [-0.05, 0) is 57.6 Å². The van der Waals surface area contributed by atoms with Gasteiger partial charge in [0.25, 0.3) is 0 Å². The van der Waals surface area contributed by atoms with E-state index >= 15 is 0 Å². The number of pyridine rings is 1. The highest BCUT2D eigenvalue weighted by Gasteiger charge is 2.15. The van der Waals surface area contributed by atoms with Gasteiger partial charge in [0.2, 0.25) is 0 Å². The number of fused-ring (bicyclic) bond motifs is 2. The highest BCUT2D eigenvalue weighted by Crippen LogP contribution is 2.42. The Balaban J connectivity index is 1.60. The van der Waals surface area contributed by atoms with Gasteiger partial charge in [0, 0.05) is 32.3 Å². The van der Waals surface area contributed by atoms with Crippen LogP contribution >= 0.6 is 11.3 Å². The molecule has 0 aliphatic heterocycles. The maximum Gasteiger partial charge on any atom is 0.0780 e. The molecule has 0 aliphatic rings. The first-order valence-electron chi connectivity index (χ1n) is 11.7. The van der Waals surface area contributed by atoms with Crippen LogP contribution in [0, 0.1) is 0 Å². The molecular weight excluding hydrogens is 430 g/mol. The highest BCUT2D eigenvalue weighted by molar-refractivity contribution is 7.22. The fraction of sp³-hybridized carbons (Fsp3) is 0.0938. The van der Waals surface area contributed by atoms with Crippen molar-refractivity contribution < 1.29 is 0 Å². The lowest BCUT2D eigenvalue weighted by Gasteiger charge is -2.12. The van der Waals surface area contributed by atoms with Crippen molar-refractivity contribution in [1.82, 2.24) is 4.98 Å². The normalized spacial score (nSPS) is 11.5. The zero-order valence-electron chi connectivity index (χ0n) is 19.3. The average Bonchev–Trinajstić information content (AvgIpc) is 3.33. The summed E-state index contributed by atoms with van der Waals surface area (Å²) in [5.41, 5.74) is 7.31. The Kier molecular flexibility index (Phi) is 5.24. The first kappa shape index (κ1) is 20.8. The van der Waals surface area contributed by atoms with Gasteiger partial charge in [-0.3, -0.25) is 4.98 Å². The molecule has 4 aromatic carbocycles. The number of nitrogens with zero attached hydrogens (tertiary/aromatic N) is 1. The minimum absolute atomic E-state index is 0.504. The second-order valence-corrected chi connectivity index (χ2v) is 10.1. The lowest BCUT2D eigenvalue weighted by atomic mass is 9.95. The molecule has 0 aliphatic carbocycles. The van der Waals surface area contributed by atoms with Crippen LogP contribution in [-0.4, -0.2) is 4.98 Å². The molecule has 0 unspecified atom stereocenters. The molecule has 0 saturated heterocycles. The van der Waals surface area contributed by atoms with Crippen molar-refractivity contribution in [2.75, 3.05) is 0 Å². The number of rotatable bonds is 4. The summed E-state index contributed by atoms with van der Waals surface area (Å²) in [6.45, 7) is 4.48. The van der Waals surface area contributed by atoms with Crippen molar-refractivity contribution in [3.8, 4) is 32.8 Å². The predicted molar refractivity (Wildman–Crippen MR) is 148 cm³/mol. The number of benzene rings is 4. The van der Waals surface area contributed by atoms with Gasteiger partial charge in [-0.1, -0.05) is 92.7 Å². The molecule has 2 heteroatoms. The van der Waals surface area contributed by atoms with E-state index in [2.05, 4.69) is 117 Å². The van der Waals surface area contributed by atoms with E-state index in [1.165, 1.54) is 48.0 Å². The summed E-state index contributed by atoms with van der Waals surface area (Å²) < 4.78 is 1.32. The largest absolute Gasteiger partial charge is 0.256 e. The molecule has 0 N–H and O–H groups in total. The summed E-state index contributed by atoms with van der Waals surface area (Å²) in [4.78, 5) is 6.15. The Bertz CT molecular complexity index is 1610. The van der Waals surface area contributed by atoms with Gasteiger partial charge in [0.1, 0.15) is 0 Å². The van der Waals surface area contributed by atoms with Crippen molar-refractivity contribution >= 4 is 32.2 Å². The fourth-order valence-electron chi connectivity index (χ4n) is 4.65. The second-order valence-electron chi connectivity index (χ2n) is 9.08.